The van der Waals surface area contributed by atoms with Gasteiger partial charge in [-0.05, 0) is 16.3 Å². The van der Waals surface area contributed by atoms with E-state index >= 15 is 0 Å². The predicted octanol–water partition coefficient (Wildman–Crippen LogP) is 4.43. The average molecular weight is 398 g/mol. The molecule has 3 aromatic carbocycles. The van der Waals surface area contributed by atoms with Gasteiger partial charge in [0.25, 0.3) is 5.69 Å². The van der Waals surface area contributed by atoms with Gasteiger partial charge in [0.1, 0.15) is 0 Å². The molecule has 1 aliphatic rings. The van der Waals surface area contributed by atoms with E-state index in [9.17, 15) is 15.4 Å². The zero-order valence-corrected chi connectivity index (χ0v) is 16.6. The third-order valence-corrected chi connectivity index (χ3v) is 5.54. The summed E-state index contributed by atoms with van der Waals surface area (Å²) in [6.45, 7) is 4.13. The largest absolute Gasteiger partial charge is 0.368 e. The van der Waals surface area contributed by atoms with Crippen LogP contribution >= 0.6 is 0 Å². The van der Waals surface area contributed by atoms with Gasteiger partial charge < -0.3 is 4.90 Å². The van der Waals surface area contributed by atoms with Crippen molar-refractivity contribution in [3.8, 4) is 6.07 Å². The molecule has 0 N–H and O–H groups in total. The van der Waals surface area contributed by atoms with E-state index < -0.39 is 4.92 Å². The predicted molar refractivity (Wildman–Crippen MR) is 117 cm³/mol. The standard InChI is InChI=1S/C24H22N4O2/c25-12-11-24(20-7-4-9-22(17-20)28(29)30)27-15-13-26(14-16-27)18-21-8-3-6-19-5-1-2-10-23(19)21/h1-11,17H,13-16,18H2/b24-11+. The van der Waals surface area contributed by atoms with Crippen LogP contribution in [0.25, 0.3) is 16.5 Å². The Kier molecular flexibility index (Phi) is 5.73. The van der Waals surface area contributed by atoms with E-state index in [0.29, 0.717) is 5.56 Å². The Morgan fingerprint density at radius 2 is 1.77 bits per heavy atom. The lowest BCUT2D eigenvalue weighted by Gasteiger charge is -2.37. The van der Waals surface area contributed by atoms with Gasteiger partial charge in [-0.25, -0.2) is 0 Å². The molecular weight excluding hydrogens is 376 g/mol. The number of hydrogen-bond donors (Lipinski definition) is 0. The highest BCUT2D eigenvalue weighted by Crippen LogP contribution is 2.26. The summed E-state index contributed by atoms with van der Waals surface area (Å²) in [6.07, 6.45) is 1.49. The van der Waals surface area contributed by atoms with Crippen molar-refractivity contribution in [1.29, 1.82) is 5.26 Å². The number of nitrogens with zero attached hydrogens (tertiary/aromatic N) is 4. The monoisotopic (exact) mass is 398 g/mol. The molecule has 30 heavy (non-hydrogen) atoms. The third kappa shape index (κ3) is 4.17. The van der Waals surface area contributed by atoms with Crippen LogP contribution in [0.3, 0.4) is 0 Å². The Bertz CT molecular complexity index is 1140. The fourth-order valence-electron chi connectivity index (χ4n) is 4.02. The van der Waals surface area contributed by atoms with Crippen molar-refractivity contribution in [2.75, 3.05) is 26.2 Å². The molecule has 0 saturated carbocycles. The first-order valence-corrected chi connectivity index (χ1v) is 9.94. The second-order valence-electron chi connectivity index (χ2n) is 7.37. The summed E-state index contributed by atoms with van der Waals surface area (Å²) in [5.74, 6) is 0. The van der Waals surface area contributed by atoms with Gasteiger partial charge in [0, 0.05) is 56.5 Å². The molecule has 4 rings (SSSR count). The van der Waals surface area contributed by atoms with Crippen LogP contribution in [0.5, 0.6) is 0 Å². The molecule has 0 unspecified atom stereocenters. The summed E-state index contributed by atoms with van der Waals surface area (Å²) >= 11 is 0. The number of nitro benzene ring substituents is 1. The van der Waals surface area contributed by atoms with Crippen molar-refractivity contribution in [1.82, 2.24) is 9.80 Å². The number of nitriles is 1. The van der Waals surface area contributed by atoms with E-state index in [4.69, 9.17) is 0 Å². The Morgan fingerprint density at radius 1 is 1.03 bits per heavy atom. The van der Waals surface area contributed by atoms with E-state index in [2.05, 4.69) is 58.3 Å². The molecule has 0 spiro atoms. The van der Waals surface area contributed by atoms with Crippen molar-refractivity contribution in [2.45, 2.75) is 6.54 Å². The molecule has 1 fully saturated rings. The quantitative estimate of drug-likeness (QED) is 0.361. The van der Waals surface area contributed by atoms with Crippen LogP contribution in [0.4, 0.5) is 5.69 Å². The van der Waals surface area contributed by atoms with Crippen LogP contribution in [-0.4, -0.2) is 40.9 Å². The molecule has 1 aliphatic heterocycles. The van der Waals surface area contributed by atoms with Crippen molar-refractivity contribution in [3.05, 3.63) is 94.0 Å². The molecule has 1 saturated heterocycles. The fraction of sp³-hybridized carbons (Fsp3) is 0.208. The van der Waals surface area contributed by atoms with Crippen LogP contribution in [-0.2, 0) is 6.54 Å². The normalized spacial score (nSPS) is 15.2. The van der Waals surface area contributed by atoms with Gasteiger partial charge in [0.05, 0.1) is 16.7 Å². The van der Waals surface area contributed by atoms with Crippen LogP contribution in [0.15, 0.2) is 72.8 Å². The molecule has 0 amide bonds. The number of piperazine rings is 1. The minimum Gasteiger partial charge on any atom is -0.368 e. The number of benzene rings is 3. The van der Waals surface area contributed by atoms with Crippen LogP contribution < -0.4 is 0 Å². The maximum atomic E-state index is 11.1. The molecule has 0 atom stereocenters. The van der Waals surface area contributed by atoms with E-state index in [1.807, 2.05) is 6.07 Å². The van der Waals surface area contributed by atoms with Gasteiger partial charge in [0.2, 0.25) is 0 Å². The first-order valence-electron chi connectivity index (χ1n) is 9.94. The smallest absolute Gasteiger partial charge is 0.270 e. The second-order valence-corrected chi connectivity index (χ2v) is 7.37. The first kappa shape index (κ1) is 19.6. The SMILES string of the molecule is N#C/C=C(\c1cccc([N+](=O)[O-])c1)N1CCN(Cc2cccc3ccccc23)CC1. The highest BCUT2D eigenvalue weighted by Gasteiger charge is 2.21. The zero-order valence-electron chi connectivity index (χ0n) is 16.6. The van der Waals surface area contributed by atoms with Gasteiger partial charge >= 0.3 is 0 Å². The summed E-state index contributed by atoms with van der Waals surface area (Å²) in [7, 11) is 0. The highest BCUT2D eigenvalue weighted by molar-refractivity contribution is 5.85. The average Bonchev–Trinajstić information content (AvgIpc) is 2.78. The molecule has 6 heteroatoms. The summed E-state index contributed by atoms with van der Waals surface area (Å²) < 4.78 is 0. The highest BCUT2D eigenvalue weighted by atomic mass is 16.6. The Morgan fingerprint density at radius 3 is 2.53 bits per heavy atom. The molecule has 3 aromatic rings. The number of rotatable bonds is 5. The first-order chi connectivity index (χ1) is 14.7. The maximum absolute atomic E-state index is 11.1. The zero-order chi connectivity index (χ0) is 20.9. The van der Waals surface area contributed by atoms with E-state index in [1.54, 1.807) is 6.07 Å². The molecular formula is C24H22N4O2. The molecule has 1 heterocycles. The lowest BCUT2D eigenvalue weighted by Crippen LogP contribution is -2.44. The molecule has 6 nitrogen and oxygen atoms in total. The minimum atomic E-state index is -0.407. The Balaban J connectivity index is 1.48. The fourth-order valence-corrected chi connectivity index (χ4v) is 4.02. The molecule has 150 valence electrons. The Labute approximate surface area is 175 Å². The van der Waals surface area contributed by atoms with Crippen molar-refractivity contribution in [3.63, 3.8) is 0 Å². The topological polar surface area (TPSA) is 73.4 Å². The second kappa shape index (κ2) is 8.76. The van der Waals surface area contributed by atoms with Crippen molar-refractivity contribution in [2.24, 2.45) is 0 Å². The van der Waals surface area contributed by atoms with Gasteiger partial charge in [-0.15, -0.1) is 0 Å². The van der Waals surface area contributed by atoms with E-state index in [0.717, 1.165) is 38.4 Å². The van der Waals surface area contributed by atoms with Crippen LogP contribution in [0.2, 0.25) is 0 Å². The number of non-ortho nitro benzene ring substituents is 1. The maximum Gasteiger partial charge on any atom is 0.270 e. The number of nitro groups is 1. The number of allylic oxidation sites excluding steroid dienone is 1. The minimum absolute atomic E-state index is 0.0333. The van der Waals surface area contributed by atoms with Crippen LogP contribution in [0, 0.1) is 21.4 Å². The summed E-state index contributed by atoms with van der Waals surface area (Å²) in [4.78, 5) is 15.3. The van der Waals surface area contributed by atoms with Crippen LogP contribution in [0.1, 0.15) is 11.1 Å². The third-order valence-electron chi connectivity index (χ3n) is 5.54. The van der Waals surface area contributed by atoms with E-state index in [-0.39, 0.29) is 5.69 Å². The van der Waals surface area contributed by atoms with Crippen molar-refractivity contribution >= 4 is 22.2 Å². The molecule has 0 aliphatic carbocycles. The van der Waals surface area contributed by atoms with Gasteiger partial charge in [-0.2, -0.15) is 5.26 Å². The lowest BCUT2D eigenvalue weighted by atomic mass is 10.0. The molecule has 0 aromatic heterocycles. The number of hydrogen-bond acceptors (Lipinski definition) is 5. The van der Waals surface area contributed by atoms with Crippen molar-refractivity contribution < 1.29 is 4.92 Å². The Hall–Kier alpha value is -3.69. The molecule has 0 bridgehead atoms. The lowest BCUT2D eigenvalue weighted by molar-refractivity contribution is -0.384. The van der Waals surface area contributed by atoms with E-state index in [1.165, 1.54) is 34.5 Å². The summed E-state index contributed by atoms with van der Waals surface area (Å²) in [5.41, 5.74) is 2.79. The summed E-state index contributed by atoms with van der Waals surface area (Å²) in [6, 6.07) is 23.4. The van der Waals surface area contributed by atoms with Gasteiger partial charge in [-0.3, -0.25) is 15.0 Å². The summed E-state index contributed by atoms with van der Waals surface area (Å²) in [5, 5.41) is 22.9. The van der Waals surface area contributed by atoms with Gasteiger partial charge in [0.15, 0.2) is 0 Å². The number of fused-ring (bicyclic) bond motifs is 1. The molecule has 0 radical (unpaired) electrons. The van der Waals surface area contributed by atoms with Gasteiger partial charge in [-0.1, -0.05) is 54.6 Å².